The van der Waals surface area contributed by atoms with Gasteiger partial charge >= 0.3 is 0 Å². The third kappa shape index (κ3) is 8.35. The fraction of sp³-hybridized carbons (Fsp3) is 0.917. The molecule has 2 unspecified atom stereocenters. The van der Waals surface area contributed by atoms with Crippen LogP contribution in [0.15, 0.2) is 0 Å². The average Bonchev–Trinajstić information content (AvgIpc) is 2.23. The summed E-state index contributed by atoms with van der Waals surface area (Å²) >= 11 is 5.26. The van der Waals surface area contributed by atoms with E-state index in [2.05, 4.69) is 24.5 Å². The molecule has 2 atom stereocenters. The molecule has 0 aliphatic rings. The van der Waals surface area contributed by atoms with E-state index >= 15 is 0 Å². The van der Waals surface area contributed by atoms with E-state index < -0.39 is 0 Å². The number of hydrogen-bond donors (Lipinski definition) is 2. The first kappa shape index (κ1) is 16.6. The van der Waals surface area contributed by atoms with Crippen LogP contribution in [-0.4, -0.2) is 44.1 Å². The average molecular weight is 262 g/mol. The van der Waals surface area contributed by atoms with Gasteiger partial charge in [0.15, 0.2) is 5.11 Å². The number of ether oxygens (including phenoxy) is 2. The smallest absolute Gasteiger partial charge is 0.166 e. The lowest BCUT2D eigenvalue weighted by molar-refractivity contribution is 0.114. The summed E-state index contributed by atoms with van der Waals surface area (Å²) in [6.45, 7) is 10.4. The topological polar surface area (TPSA) is 42.5 Å². The van der Waals surface area contributed by atoms with E-state index in [0.717, 1.165) is 6.61 Å². The Morgan fingerprint density at radius 1 is 1.18 bits per heavy atom. The predicted octanol–water partition coefficient (Wildman–Crippen LogP) is 1.55. The Morgan fingerprint density at radius 3 is 2.29 bits per heavy atom. The molecule has 0 fully saturated rings. The highest BCUT2D eigenvalue weighted by atomic mass is 32.1. The normalized spacial score (nSPS) is 14.5. The maximum absolute atomic E-state index is 5.44. The van der Waals surface area contributed by atoms with Gasteiger partial charge in [-0.05, 0) is 32.0 Å². The fourth-order valence-corrected chi connectivity index (χ4v) is 1.72. The molecule has 0 spiro atoms. The lowest BCUT2D eigenvalue weighted by Gasteiger charge is -2.25. The van der Waals surface area contributed by atoms with Gasteiger partial charge in [0.1, 0.15) is 0 Å². The Hall–Kier alpha value is -0.390. The summed E-state index contributed by atoms with van der Waals surface area (Å²) in [6.07, 6.45) is 0. The Bertz CT molecular complexity index is 213. The molecular formula is C12H26N2O2S. The zero-order chi connectivity index (χ0) is 13.3. The highest BCUT2D eigenvalue weighted by molar-refractivity contribution is 7.80. The summed E-state index contributed by atoms with van der Waals surface area (Å²) in [7, 11) is 1.68. The van der Waals surface area contributed by atoms with Crippen LogP contribution < -0.4 is 10.6 Å². The number of rotatable bonds is 8. The van der Waals surface area contributed by atoms with Gasteiger partial charge in [-0.15, -0.1) is 0 Å². The summed E-state index contributed by atoms with van der Waals surface area (Å²) < 4.78 is 10.5. The van der Waals surface area contributed by atoms with Crippen LogP contribution in [0.4, 0.5) is 0 Å². The van der Waals surface area contributed by atoms with Gasteiger partial charge in [-0.2, -0.15) is 0 Å². The molecule has 0 amide bonds. The molecular weight excluding hydrogens is 236 g/mol. The molecule has 17 heavy (non-hydrogen) atoms. The van der Waals surface area contributed by atoms with Crippen molar-refractivity contribution >= 4 is 17.3 Å². The van der Waals surface area contributed by atoms with Crippen molar-refractivity contribution in [2.75, 3.05) is 26.9 Å². The van der Waals surface area contributed by atoms with Crippen molar-refractivity contribution in [3.8, 4) is 0 Å². The van der Waals surface area contributed by atoms with Crippen LogP contribution in [0.25, 0.3) is 0 Å². The number of nitrogens with one attached hydrogen (secondary N) is 2. The van der Waals surface area contributed by atoms with Crippen LogP contribution >= 0.6 is 12.2 Å². The van der Waals surface area contributed by atoms with Crippen LogP contribution in [0.3, 0.4) is 0 Å². The highest BCUT2D eigenvalue weighted by Gasteiger charge is 2.15. The quantitative estimate of drug-likeness (QED) is 0.650. The number of hydrogen-bond acceptors (Lipinski definition) is 3. The van der Waals surface area contributed by atoms with E-state index in [-0.39, 0.29) is 12.1 Å². The van der Waals surface area contributed by atoms with Crippen molar-refractivity contribution in [2.24, 2.45) is 5.92 Å². The van der Waals surface area contributed by atoms with E-state index in [0.29, 0.717) is 24.2 Å². The van der Waals surface area contributed by atoms with Crippen LogP contribution in [0.5, 0.6) is 0 Å². The van der Waals surface area contributed by atoms with Gasteiger partial charge in [0.05, 0.1) is 19.3 Å². The second-order valence-electron chi connectivity index (χ2n) is 4.48. The van der Waals surface area contributed by atoms with Crippen LogP contribution in [0, 0.1) is 5.92 Å². The minimum Gasteiger partial charge on any atom is -0.383 e. The maximum atomic E-state index is 5.44. The summed E-state index contributed by atoms with van der Waals surface area (Å²) in [6, 6.07) is 0.449. The van der Waals surface area contributed by atoms with Crippen molar-refractivity contribution in [3.63, 3.8) is 0 Å². The van der Waals surface area contributed by atoms with Gasteiger partial charge in [0.2, 0.25) is 0 Å². The van der Waals surface area contributed by atoms with Crippen molar-refractivity contribution in [1.29, 1.82) is 0 Å². The van der Waals surface area contributed by atoms with E-state index in [1.54, 1.807) is 7.11 Å². The zero-order valence-electron chi connectivity index (χ0n) is 11.6. The van der Waals surface area contributed by atoms with Gasteiger partial charge < -0.3 is 20.1 Å². The van der Waals surface area contributed by atoms with Crippen LogP contribution in [0.2, 0.25) is 0 Å². The molecule has 0 bridgehead atoms. The first-order valence-electron chi connectivity index (χ1n) is 6.14. The molecule has 0 radical (unpaired) electrons. The zero-order valence-corrected chi connectivity index (χ0v) is 12.4. The lowest BCUT2D eigenvalue weighted by Crippen LogP contribution is -2.49. The molecule has 4 nitrogen and oxygen atoms in total. The molecule has 0 rings (SSSR count). The second kappa shape index (κ2) is 9.62. The monoisotopic (exact) mass is 262 g/mol. The lowest BCUT2D eigenvalue weighted by atomic mass is 10.1. The molecule has 0 aliphatic carbocycles. The summed E-state index contributed by atoms with van der Waals surface area (Å²) in [5.74, 6) is 0.471. The number of thiocarbonyl (C=S) groups is 1. The molecule has 0 saturated heterocycles. The SMILES string of the molecule is CCOCC(NC(=S)NC(C)COC)C(C)C. The molecule has 2 N–H and O–H groups in total. The van der Waals surface area contributed by atoms with E-state index in [4.69, 9.17) is 21.7 Å². The Balaban J connectivity index is 4.02. The van der Waals surface area contributed by atoms with Crippen molar-refractivity contribution in [3.05, 3.63) is 0 Å². The second-order valence-corrected chi connectivity index (χ2v) is 4.89. The molecule has 0 aromatic heterocycles. The molecule has 0 aromatic rings. The third-order valence-electron chi connectivity index (χ3n) is 2.42. The Kier molecular flexibility index (Phi) is 9.40. The summed E-state index contributed by atoms with van der Waals surface area (Å²) in [5, 5.41) is 7.12. The molecule has 5 heteroatoms. The van der Waals surface area contributed by atoms with Crippen LogP contribution in [-0.2, 0) is 9.47 Å². The van der Waals surface area contributed by atoms with Gasteiger partial charge in [0.25, 0.3) is 0 Å². The van der Waals surface area contributed by atoms with Crippen molar-refractivity contribution in [2.45, 2.75) is 39.8 Å². The molecule has 102 valence electrons. The van der Waals surface area contributed by atoms with E-state index in [1.165, 1.54) is 0 Å². The summed E-state index contributed by atoms with van der Waals surface area (Å²) in [4.78, 5) is 0. The highest BCUT2D eigenvalue weighted by Crippen LogP contribution is 2.02. The van der Waals surface area contributed by atoms with Gasteiger partial charge in [-0.1, -0.05) is 13.8 Å². The van der Waals surface area contributed by atoms with Crippen molar-refractivity contribution in [1.82, 2.24) is 10.6 Å². The maximum Gasteiger partial charge on any atom is 0.166 e. The Labute approximate surface area is 110 Å². The first-order valence-corrected chi connectivity index (χ1v) is 6.55. The Morgan fingerprint density at radius 2 is 1.82 bits per heavy atom. The molecule has 0 aromatic carbocycles. The largest absolute Gasteiger partial charge is 0.383 e. The fourth-order valence-electron chi connectivity index (χ4n) is 1.37. The van der Waals surface area contributed by atoms with E-state index in [1.807, 2.05) is 13.8 Å². The van der Waals surface area contributed by atoms with Crippen LogP contribution in [0.1, 0.15) is 27.7 Å². The van der Waals surface area contributed by atoms with Gasteiger partial charge in [-0.3, -0.25) is 0 Å². The van der Waals surface area contributed by atoms with Crippen molar-refractivity contribution < 1.29 is 9.47 Å². The minimum absolute atomic E-state index is 0.208. The number of methoxy groups -OCH3 is 1. The first-order chi connectivity index (χ1) is 8.01. The summed E-state index contributed by atoms with van der Waals surface area (Å²) in [5.41, 5.74) is 0. The predicted molar refractivity (Wildman–Crippen MR) is 75.3 cm³/mol. The standard InChI is InChI=1S/C12H26N2O2S/c1-6-16-8-11(9(2)3)14-12(17)13-10(4)7-15-5/h9-11H,6-8H2,1-5H3,(H2,13,14,17). The van der Waals surface area contributed by atoms with E-state index in [9.17, 15) is 0 Å². The molecule has 0 saturated carbocycles. The van der Waals surface area contributed by atoms with Gasteiger partial charge in [0, 0.05) is 19.8 Å². The minimum atomic E-state index is 0.208. The third-order valence-corrected chi connectivity index (χ3v) is 2.65. The van der Waals surface area contributed by atoms with Gasteiger partial charge in [-0.25, -0.2) is 0 Å². The molecule has 0 aliphatic heterocycles. The molecule has 0 heterocycles.